The number of pyridine rings is 1. The quantitative estimate of drug-likeness (QED) is 0.268. The second-order valence-corrected chi connectivity index (χ2v) is 7.92. The minimum atomic E-state index is -0.956. The fourth-order valence-corrected chi connectivity index (χ4v) is 3.89. The molecule has 1 fully saturated rings. The van der Waals surface area contributed by atoms with E-state index in [1.165, 1.54) is 24.1 Å². The number of nitrogens with one attached hydrogen (secondary N) is 2. The number of aliphatic carboxylic acids is 1. The van der Waals surface area contributed by atoms with Gasteiger partial charge in [0.25, 0.3) is 5.91 Å². The van der Waals surface area contributed by atoms with Gasteiger partial charge < -0.3 is 10.0 Å². The predicted molar refractivity (Wildman–Crippen MR) is 110 cm³/mol. The van der Waals surface area contributed by atoms with Gasteiger partial charge in [0, 0.05) is 18.8 Å². The maximum atomic E-state index is 12.4. The van der Waals surface area contributed by atoms with E-state index in [0.717, 1.165) is 31.2 Å². The summed E-state index contributed by atoms with van der Waals surface area (Å²) in [6.07, 6.45) is 10.1. The molecule has 1 aromatic heterocycles. The van der Waals surface area contributed by atoms with Crippen molar-refractivity contribution in [2.24, 2.45) is 5.92 Å². The molecule has 8 heteroatoms. The van der Waals surface area contributed by atoms with Crippen LogP contribution in [0.25, 0.3) is 6.08 Å². The van der Waals surface area contributed by atoms with Crippen molar-refractivity contribution in [1.29, 1.82) is 0 Å². The topological polar surface area (TPSA) is 115 Å². The van der Waals surface area contributed by atoms with Crippen LogP contribution in [-0.2, 0) is 16.1 Å². The lowest BCUT2D eigenvalue weighted by molar-refractivity contribution is -0.149. The molecule has 0 aromatic carbocycles. The zero-order valence-electron chi connectivity index (χ0n) is 17.2. The van der Waals surface area contributed by atoms with E-state index in [0.29, 0.717) is 25.2 Å². The van der Waals surface area contributed by atoms with E-state index in [1.54, 1.807) is 12.3 Å². The third-order valence-corrected chi connectivity index (χ3v) is 5.61. The number of carboxylic acids is 1. The average Bonchev–Trinajstić information content (AvgIpc) is 2.73. The third kappa shape index (κ3) is 6.62. The molecule has 1 aliphatic rings. The van der Waals surface area contributed by atoms with Crippen LogP contribution in [0.5, 0.6) is 0 Å². The maximum Gasteiger partial charge on any atom is 0.324 e. The second-order valence-electron chi connectivity index (χ2n) is 7.92. The summed E-state index contributed by atoms with van der Waals surface area (Å²) in [4.78, 5) is 29.8. The van der Waals surface area contributed by atoms with E-state index in [-0.39, 0.29) is 5.92 Å². The molecule has 1 atom stereocenters. The number of carbonyl (C=O) groups excluding carboxylic acids is 1. The number of amides is 1. The minimum absolute atomic E-state index is 0.112. The molecule has 160 valence electrons. The van der Waals surface area contributed by atoms with Crippen molar-refractivity contribution < 1.29 is 19.9 Å². The Morgan fingerprint density at radius 1 is 1.28 bits per heavy atom. The Morgan fingerprint density at radius 2 is 2.00 bits per heavy atom. The maximum absolute atomic E-state index is 12.4. The first-order valence-corrected chi connectivity index (χ1v) is 10.1. The Hall–Kier alpha value is -2.29. The van der Waals surface area contributed by atoms with Crippen LogP contribution in [0.1, 0.15) is 49.8 Å². The number of rotatable bonds is 10. The summed E-state index contributed by atoms with van der Waals surface area (Å²) in [5.74, 6) is -1.30. The molecule has 1 aromatic rings. The number of carboxylic acid groups (broad SMARTS) is 1. The molecule has 2 rings (SSSR count). The number of carbonyl (C=O) groups is 2. The Balaban J connectivity index is 2.12. The van der Waals surface area contributed by atoms with Gasteiger partial charge in [0.2, 0.25) is 0 Å². The van der Waals surface area contributed by atoms with Gasteiger partial charge in [-0.1, -0.05) is 25.3 Å². The number of aromatic nitrogens is 1. The summed E-state index contributed by atoms with van der Waals surface area (Å²) in [6.45, 7) is 1.11. The molecule has 0 bridgehead atoms. The fraction of sp³-hybridized carbons (Fsp3) is 0.571. The Morgan fingerprint density at radius 3 is 2.55 bits per heavy atom. The van der Waals surface area contributed by atoms with Crippen molar-refractivity contribution in [2.75, 3.05) is 20.6 Å². The third-order valence-electron chi connectivity index (χ3n) is 5.61. The summed E-state index contributed by atoms with van der Waals surface area (Å²) >= 11 is 0. The molecule has 29 heavy (non-hydrogen) atoms. The van der Waals surface area contributed by atoms with Crippen molar-refractivity contribution in [1.82, 2.24) is 20.7 Å². The summed E-state index contributed by atoms with van der Waals surface area (Å²) in [7, 11) is 3.92. The van der Waals surface area contributed by atoms with Gasteiger partial charge in [0.1, 0.15) is 5.54 Å². The number of hydrogen-bond acceptors (Lipinski definition) is 6. The van der Waals surface area contributed by atoms with Crippen molar-refractivity contribution in [2.45, 2.75) is 50.6 Å². The molecule has 0 aliphatic heterocycles. The first-order chi connectivity index (χ1) is 13.9. The van der Waals surface area contributed by atoms with Crippen LogP contribution in [0.4, 0.5) is 0 Å². The lowest BCUT2D eigenvalue weighted by atomic mass is 9.72. The van der Waals surface area contributed by atoms with Crippen LogP contribution in [0.15, 0.2) is 24.4 Å². The molecular weight excluding hydrogens is 372 g/mol. The Bertz CT molecular complexity index is 699. The molecule has 0 radical (unpaired) electrons. The standard InChI is InChI=1S/C21H32N4O4/c1-25(2)13-12-21(20(27)28,17-6-4-3-5-7-17)23-15-16-8-9-18(22-14-16)10-11-19(26)24-29/h8-11,14,17,23,29H,3-7,12-13,15H2,1-2H3,(H,24,26)(H,27,28)/b11-10+/t21-/m0/s1. The summed E-state index contributed by atoms with van der Waals surface area (Å²) < 4.78 is 0. The molecule has 1 aliphatic carbocycles. The smallest absolute Gasteiger partial charge is 0.324 e. The molecule has 1 saturated carbocycles. The molecular formula is C21H32N4O4. The van der Waals surface area contributed by atoms with Crippen molar-refractivity contribution >= 4 is 18.0 Å². The van der Waals surface area contributed by atoms with Crippen LogP contribution >= 0.6 is 0 Å². The van der Waals surface area contributed by atoms with Gasteiger partial charge in [-0.15, -0.1) is 0 Å². The lowest BCUT2D eigenvalue weighted by Gasteiger charge is -2.41. The molecule has 8 nitrogen and oxygen atoms in total. The summed E-state index contributed by atoms with van der Waals surface area (Å²) in [5, 5.41) is 22.1. The predicted octanol–water partition coefficient (Wildman–Crippen LogP) is 2.05. The molecule has 0 unspecified atom stereocenters. The van der Waals surface area contributed by atoms with Crippen molar-refractivity contribution in [3.63, 3.8) is 0 Å². The average molecular weight is 405 g/mol. The molecule has 1 heterocycles. The highest BCUT2D eigenvalue weighted by atomic mass is 16.5. The lowest BCUT2D eigenvalue weighted by Crippen LogP contribution is -2.58. The molecule has 4 N–H and O–H groups in total. The highest BCUT2D eigenvalue weighted by Gasteiger charge is 2.45. The fourth-order valence-electron chi connectivity index (χ4n) is 3.89. The number of nitrogens with zero attached hydrogens (tertiary/aromatic N) is 2. The Kier molecular flexibility index (Phi) is 8.75. The minimum Gasteiger partial charge on any atom is -0.480 e. The van der Waals surface area contributed by atoms with Gasteiger partial charge in [0.15, 0.2) is 0 Å². The van der Waals surface area contributed by atoms with Crippen molar-refractivity contribution in [3.05, 3.63) is 35.7 Å². The van der Waals surface area contributed by atoms with Crippen molar-refractivity contribution in [3.8, 4) is 0 Å². The SMILES string of the molecule is CN(C)CC[C@@](NCc1ccc(/C=C/C(=O)NO)nc1)(C(=O)O)C1CCCCC1. The molecule has 0 saturated heterocycles. The van der Waals surface area contributed by atoms with Gasteiger partial charge >= 0.3 is 5.97 Å². The first kappa shape index (κ1) is 23.0. The van der Waals surface area contributed by atoms with E-state index in [1.807, 2.05) is 25.1 Å². The van der Waals surface area contributed by atoms with Crippen LogP contribution in [0.2, 0.25) is 0 Å². The van der Waals surface area contributed by atoms with E-state index >= 15 is 0 Å². The first-order valence-electron chi connectivity index (χ1n) is 10.1. The number of hydroxylamine groups is 1. The van der Waals surface area contributed by atoms with Gasteiger partial charge in [-0.25, -0.2) is 5.48 Å². The van der Waals surface area contributed by atoms with E-state index in [9.17, 15) is 14.7 Å². The normalized spacial score (nSPS) is 17.4. The zero-order chi connectivity index (χ0) is 21.3. The molecule has 1 amide bonds. The largest absolute Gasteiger partial charge is 0.480 e. The van der Waals surface area contributed by atoms with E-state index in [2.05, 4.69) is 10.3 Å². The zero-order valence-corrected chi connectivity index (χ0v) is 17.2. The highest BCUT2D eigenvalue weighted by Crippen LogP contribution is 2.35. The van der Waals surface area contributed by atoms with Crippen LogP contribution in [0, 0.1) is 5.92 Å². The Labute approximate surface area is 172 Å². The molecule has 0 spiro atoms. The van der Waals surface area contributed by atoms with Crippen LogP contribution < -0.4 is 10.8 Å². The van der Waals surface area contributed by atoms with Gasteiger partial charge in [-0.2, -0.15) is 0 Å². The van der Waals surface area contributed by atoms with Crippen LogP contribution in [0.3, 0.4) is 0 Å². The monoisotopic (exact) mass is 404 g/mol. The van der Waals surface area contributed by atoms with Crippen LogP contribution in [-0.4, -0.2) is 58.3 Å². The second kappa shape index (κ2) is 11.0. The van der Waals surface area contributed by atoms with Gasteiger partial charge in [0.05, 0.1) is 5.69 Å². The number of hydrogen-bond donors (Lipinski definition) is 4. The van der Waals surface area contributed by atoms with E-state index in [4.69, 9.17) is 5.21 Å². The van der Waals surface area contributed by atoms with E-state index < -0.39 is 17.4 Å². The van der Waals surface area contributed by atoms with Gasteiger partial charge in [-0.05, 0) is 63.5 Å². The summed E-state index contributed by atoms with van der Waals surface area (Å²) in [6, 6.07) is 3.61. The summed E-state index contributed by atoms with van der Waals surface area (Å²) in [5.41, 5.74) is 2.01. The highest BCUT2D eigenvalue weighted by molar-refractivity contribution is 5.90. The van der Waals surface area contributed by atoms with Gasteiger partial charge in [-0.3, -0.25) is 25.1 Å².